The summed E-state index contributed by atoms with van der Waals surface area (Å²) in [6.45, 7) is 6.52. The maximum absolute atomic E-state index is 13.0. The fourth-order valence-corrected chi connectivity index (χ4v) is 5.42. The molecule has 1 N–H and O–H groups in total. The average Bonchev–Trinajstić information content (AvgIpc) is 2.96. The largest absolute Gasteiger partial charge is 0.481 e. The summed E-state index contributed by atoms with van der Waals surface area (Å²) < 4.78 is 6.30. The van der Waals surface area contributed by atoms with Gasteiger partial charge in [0.05, 0.1) is 6.04 Å². The monoisotopic (exact) mass is 519 g/mol. The molecule has 0 fully saturated rings. The highest BCUT2D eigenvalue weighted by atomic mass is 16.5. The molecule has 1 aliphatic heterocycles. The molecule has 3 aromatic carbocycles. The number of hydrogen-bond donors (Lipinski definition) is 1. The number of benzene rings is 3. The molecule has 5 heteroatoms. The summed E-state index contributed by atoms with van der Waals surface area (Å²) in [4.78, 5) is 19.8. The molecule has 200 valence electrons. The van der Waals surface area contributed by atoms with Crippen LogP contribution >= 0.6 is 0 Å². The third kappa shape index (κ3) is 6.73. The minimum Gasteiger partial charge on any atom is -0.481 e. The van der Waals surface area contributed by atoms with Crippen LogP contribution in [0.15, 0.2) is 97.2 Å². The van der Waals surface area contributed by atoms with E-state index in [1.165, 1.54) is 27.8 Å². The minimum absolute atomic E-state index is 0.0909. The Balaban J connectivity index is 1.34. The number of aromatic nitrogens is 1. The summed E-state index contributed by atoms with van der Waals surface area (Å²) in [5, 5.41) is 3.03. The van der Waals surface area contributed by atoms with E-state index in [0.29, 0.717) is 19.4 Å². The highest BCUT2D eigenvalue weighted by molar-refractivity contribution is 5.81. The zero-order chi connectivity index (χ0) is 27.0. The van der Waals surface area contributed by atoms with E-state index >= 15 is 0 Å². The molecule has 1 aliphatic rings. The highest BCUT2D eigenvalue weighted by Crippen LogP contribution is 2.38. The SMILES string of the molecule is CC[C@@H](Oc1ccc2c(c1)[C@H](c1ccccc1)N(Cc1cccc(C)c1)CC2)C(=O)NCCc1ccccn1. The van der Waals surface area contributed by atoms with Crippen molar-refractivity contribution in [1.29, 1.82) is 0 Å². The van der Waals surface area contributed by atoms with Crippen LogP contribution in [-0.4, -0.2) is 35.0 Å². The number of nitrogens with one attached hydrogen (secondary N) is 1. The lowest BCUT2D eigenvalue weighted by Gasteiger charge is -2.38. The van der Waals surface area contributed by atoms with E-state index in [0.717, 1.165) is 31.0 Å². The van der Waals surface area contributed by atoms with E-state index in [4.69, 9.17) is 4.74 Å². The first-order valence-corrected chi connectivity index (χ1v) is 13.9. The fourth-order valence-electron chi connectivity index (χ4n) is 5.42. The Labute approximate surface area is 231 Å². The van der Waals surface area contributed by atoms with E-state index in [9.17, 15) is 4.79 Å². The average molecular weight is 520 g/mol. The lowest BCUT2D eigenvalue weighted by molar-refractivity contribution is -0.128. The Morgan fingerprint density at radius 2 is 1.87 bits per heavy atom. The standard InChI is InChI=1S/C34H37N3O2/c1-3-32(34(38)36-20-17-29-14-7-8-19-35-29)39-30-16-15-27-18-21-37(24-26-11-9-10-25(2)22-26)33(31(27)23-30)28-12-5-4-6-13-28/h4-16,19,22-23,32-33H,3,17-18,20-21,24H2,1-2H3,(H,36,38)/t32-,33+/m1/s1. The third-order valence-corrected chi connectivity index (χ3v) is 7.38. The maximum Gasteiger partial charge on any atom is 0.261 e. The van der Waals surface area contributed by atoms with Crippen LogP contribution in [0.1, 0.15) is 52.9 Å². The van der Waals surface area contributed by atoms with Crippen molar-refractivity contribution in [2.75, 3.05) is 13.1 Å². The Hall–Kier alpha value is -3.96. The molecule has 2 heterocycles. The predicted molar refractivity (Wildman–Crippen MR) is 156 cm³/mol. The number of amides is 1. The second-order valence-corrected chi connectivity index (χ2v) is 10.3. The molecular weight excluding hydrogens is 482 g/mol. The third-order valence-electron chi connectivity index (χ3n) is 7.38. The number of hydrogen-bond acceptors (Lipinski definition) is 4. The first-order chi connectivity index (χ1) is 19.1. The Kier molecular flexibility index (Phi) is 8.69. The molecule has 1 aromatic heterocycles. The summed E-state index contributed by atoms with van der Waals surface area (Å²) >= 11 is 0. The molecule has 5 rings (SSSR count). The molecule has 39 heavy (non-hydrogen) atoms. The second-order valence-electron chi connectivity index (χ2n) is 10.3. The van der Waals surface area contributed by atoms with Gasteiger partial charge in [0.2, 0.25) is 0 Å². The van der Waals surface area contributed by atoms with Gasteiger partial charge in [-0.2, -0.15) is 0 Å². The molecule has 0 radical (unpaired) electrons. The number of ether oxygens (including phenoxy) is 1. The number of pyridine rings is 1. The van der Waals surface area contributed by atoms with E-state index in [1.807, 2.05) is 31.2 Å². The van der Waals surface area contributed by atoms with E-state index in [2.05, 4.69) is 88.9 Å². The number of fused-ring (bicyclic) bond motifs is 1. The van der Waals surface area contributed by atoms with E-state index in [1.54, 1.807) is 6.20 Å². The smallest absolute Gasteiger partial charge is 0.261 e. The van der Waals surface area contributed by atoms with Crippen LogP contribution in [0.5, 0.6) is 5.75 Å². The van der Waals surface area contributed by atoms with Gasteiger partial charge in [0.1, 0.15) is 5.75 Å². The summed E-state index contributed by atoms with van der Waals surface area (Å²) in [5.41, 5.74) is 7.42. The molecule has 0 saturated carbocycles. The van der Waals surface area contributed by atoms with Crippen LogP contribution in [0.4, 0.5) is 0 Å². The van der Waals surface area contributed by atoms with Crippen LogP contribution < -0.4 is 10.1 Å². The Bertz CT molecular complexity index is 1370. The molecule has 0 spiro atoms. The molecule has 1 amide bonds. The summed E-state index contributed by atoms with van der Waals surface area (Å²) in [7, 11) is 0. The van der Waals surface area contributed by atoms with Crippen molar-refractivity contribution in [3.8, 4) is 5.75 Å². The lowest BCUT2D eigenvalue weighted by atomic mass is 9.87. The van der Waals surface area contributed by atoms with Crippen molar-refractivity contribution in [3.05, 3.63) is 131 Å². The molecule has 0 aliphatic carbocycles. The molecule has 0 unspecified atom stereocenters. The van der Waals surface area contributed by atoms with Gasteiger partial charge in [-0.05, 0) is 66.3 Å². The maximum atomic E-state index is 13.0. The van der Waals surface area contributed by atoms with Gasteiger partial charge in [0.25, 0.3) is 5.91 Å². The van der Waals surface area contributed by atoms with Crippen molar-refractivity contribution in [1.82, 2.24) is 15.2 Å². The van der Waals surface area contributed by atoms with Crippen molar-refractivity contribution in [2.45, 2.75) is 51.8 Å². The zero-order valence-electron chi connectivity index (χ0n) is 22.8. The van der Waals surface area contributed by atoms with Crippen LogP contribution in [-0.2, 0) is 24.2 Å². The van der Waals surface area contributed by atoms with E-state index in [-0.39, 0.29) is 11.9 Å². The van der Waals surface area contributed by atoms with Crippen LogP contribution in [0.25, 0.3) is 0 Å². The molecule has 0 bridgehead atoms. The van der Waals surface area contributed by atoms with Crippen molar-refractivity contribution < 1.29 is 9.53 Å². The highest BCUT2D eigenvalue weighted by Gasteiger charge is 2.30. The van der Waals surface area contributed by atoms with Crippen LogP contribution in [0.3, 0.4) is 0 Å². The van der Waals surface area contributed by atoms with Crippen molar-refractivity contribution in [3.63, 3.8) is 0 Å². The topological polar surface area (TPSA) is 54.5 Å². The molecule has 4 aromatic rings. The zero-order valence-corrected chi connectivity index (χ0v) is 22.8. The van der Waals surface area contributed by atoms with Crippen molar-refractivity contribution >= 4 is 5.91 Å². The normalized spacial score (nSPS) is 15.8. The summed E-state index contributed by atoms with van der Waals surface area (Å²) in [6, 6.07) is 31.8. The number of aryl methyl sites for hydroxylation is 1. The van der Waals surface area contributed by atoms with Gasteiger partial charge < -0.3 is 10.1 Å². The van der Waals surface area contributed by atoms with Gasteiger partial charge >= 0.3 is 0 Å². The Morgan fingerprint density at radius 1 is 1.03 bits per heavy atom. The van der Waals surface area contributed by atoms with Gasteiger partial charge in [-0.15, -0.1) is 0 Å². The van der Waals surface area contributed by atoms with Gasteiger partial charge in [0, 0.05) is 37.9 Å². The van der Waals surface area contributed by atoms with Crippen LogP contribution in [0.2, 0.25) is 0 Å². The first-order valence-electron chi connectivity index (χ1n) is 13.9. The Morgan fingerprint density at radius 3 is 2.64 bits per heavy atom. The minimum atomic E-state index is -0.547. The summed E-state index contributed by atoms with van der Waals surface area (Å²) in [5.74, 6) is 0.644. The summed E-state index contributed by atoms with van der Waals surface area (Å²) in [6.07, 6.45) is 3.49. The molecule has 5 nitrogen and oxygen atoms in total. The van der Waals surface area contributed by atoms with Gasteiger partial charge in [0.15, 0.2) is 6.10 Å². The molecule has 2 atom stereocenters. The quantitative estimate of drug-likeness (QED) is 0.277. The van der Waals surface area contributed by atoms with Crippen LogP contribution in [0, 0.1) is 6.92 Å². The number of carbonyl (C=O) groups excluding carboxylic acids is 1. The number of carbonyl (C=O) groups is 1. The van der Waals surface area contributed by atoms with Gasteiger partial charge in [-0.3, -0.25) is 14.7 Å². The van der Waals surface area contributed by atoms with Gasteiger partial charge in [-0.1, -0.05) is 79.2 Å². The number of nitrogens with zero attached hydrogens (tertiary/aromatic N) is 2. The second kappa shape index (κ2) is 12.7. The van der Waals surface area contributed by atoms with Gasteiger partial charge in [-0.25, -0.2) is 0 Å². The van der Waals surface area contributed by atoms with Crippen molar-refractivity contribution in [2.24, 2.45) is 0 Å². The molecular formula is C34H37N3O2. The fraction of sp³-hybridized carbons (Fsp3) is 0.294. The predicted octanol–water partition coefficient (Wildman–Crippen LogP) is 6.05. The first kappa shape index (κ1) is 26.6. The number of rotatable bonds is 10. The lowest BCUT2D eigenvalue weighted by Crippen LogP contribution is -2.39. The van der Waals surface area contributed by atoms with E-state index < -0.39 is 6.10 Å². The molecule has 0 saturated heterocycles.